The predicted molar refractivity (Wildman–Crippen MR) is 84.0 cm³/mol. The molecular weight excluding hydrogens is 284 g/mol. The smallest absolute Gasteiger partial charge is 0.148 e. The van der Waals surface area contributed by atoms with Crippen LogP contribution in [0.25, 0.3) is 22.7 Å². The molecule has 1 aromatic heterocycles. The molecular formula is C16H12N2O2S. The second kappa shape index (κ2) is 5.76. The van der Waals surface area contributed by atoms with Crippen LogP contribution in [0, 0.1) is 0 Å². The van der Waals surface area contributed by atoms with Gasteiger partial charge in [-0.2, -0.15) is 0 Å². The lowest BCUT2D eigenvalue weighted by Gasteiger charge is -1.94. The van der Waals surface area contributed by atoms with Crippen LogP contribution in [0.5, 0.6) is 11.5 Å². The number of nitrogens with zero attached hydrogens (tertiary/aromatic N) is 2. The van der Waals surface area contributed by atoms with Crippen molar-refractivity contribution in [2.75, 3.05) is 0 Å². The summed E-state index contributed by atoms with van der Waals surface area (Å²) in [5, 5.41) is 28.4. The summed E-state index contributed by atoms with van der Waals surface area (Å²) in [6.45, 7) is 0. The van der Waals surface area contributed by atoms with Crippen LogP contribution in [0.15, 0.2) is 48.5 Å². The molecule has 2 N–H and O–H groups in total. The standard InChI is InChI=1S/C16H12N2O2S/c19-13-6-1-11(2-7-13)3-10-15-17-18-16(21-15)12-4-8-14(20)9-5-12/h1-10,19-20H/b10-3+. The maximum atomic E-state index is 9.28. The number of hydrogen-bond acceptors (Lipinski definition) is 5. The number of phenols is 2. The van der Waals surface area contributed by atoms with Crippen molar-refractivity contribution < 1.29 is 10.2 Å². The third kappa shape index (κ3) is 3.27. The van der Waals surface area contributed by atoms with E-state index in [1.54, 1.807) is 24.3 Å². The fourth-order valence-corrected chi connectivity index (χ4v) is 2.53. The lowest BCUT2D eigenvalue weighted by Crippen LogP contribution is -1.75. The molecule has 3 rings (SSSR count). The van der Waals surface area contributed by atoms with Crippen molar-refractivity contribution in [3.63, 3.8) is 0 Å². The number of phenolic OH excluding ortho intramolecular Hbond substituents is 2. The van der Waals surface area contributed by atoms with Gasteiger partial charge in [0, 0.05) is 5.56 Å². The van der Waals surface area contributed by atoms with Crippen LogP contribution in [0.3, 0.4) is 0 Å². The first kappa shape index (κ1) is 13.3. The Morgan fingerprint density at radius 3 is 2.05 bits per heavy atom. The van der Waals surface area contributed by atoms with E-state index in [0.29, 0.717) is 0 Å². The molecule has 0 fully saturated rings. The van der Waals surface area contributed by atoms with Gasteiger partial charge in [-0.1, -0.05) is 29.5 Å². The zero-order valence-corrected chi connectivity index (χ0v) is 11.8. The van der Waals surface area contributed by atoms with Crippen LogP contribution in [0.4, 0.5) is 0 Å². The van der Waals surface area contributed by atoms with Gasteiger partial charge < -0.3 is 10.2 Å². The molecule has 0 spiro atoms. The van der Waals surface area contributed by atoms with Crippen molar-refractivity contribution in [1.82, 2.24) is 10.2 Å². The van der Waals surface area contributed by atoms with Crippen LogP contribution >= 0.6 is 11.3 Å². The van der Waals surface area contributed by atoms with E-state index in [9.17, 15) is 10.2 Å². The minimum atomic E-state index is 0.232. The molecule has 0 atom stereocenters. The molecule has 0 aliphatic carbocycles. The Morgan fingerprint density at radius 1 is 0.762 bits per heavy atom. The topological polar surface area (TPSA) is 66.2 Å². The van der Waals surface area contributed by atoms with Crippen molar-refractivity contribution >= 4 is 23.5 Å². The van der Waals surface area contributed by atoms with Gasteiger partial charge in [0.25, 0.3) is 0 Å². The maximum absolute atomic E-state index is 9.28. The van der Waals surface area contributed by atoms with Crippen LogP contribution in [-0.4, -0.2) is 20.4 Å². The van der Waals surface area contributed by atoms with E-state index in [1.807, 2.05) is 36.4 Å². The van der Waals surface area contributed by atoms with Gasteiger partial charge in [-0.25, -0.2) is 0 Å². The number of hydrogen-bond donors (Lipinski definition) is 2. The Kier molecular flexibility index (Phi) is 3.66. The number of aromatic nitrogens is 2. The van der Waals surface area contributed by atoms with Gasteiger partial charge in [0.1, 0.15) is 21.5 Å². The summed E-state index contributed by atoms with van der Waals surface area (Å²) in [6, 6.07) is 13.8. The first-order valence-corrected chi connectivity index (χ1v) is 7.12. The molecule has 104 valence electrons. The first-order valence-electron chi connectivity index (χ1n) is 6.31. The highest BCUT2D eigenvalue weighted by Gasteiger charge is 2.04. The van der Waals surface area contributed by atoms with Crippen LogP contribution in [0.2, 0.25) is 0 Å². The second-order valence-electron chi connectivity index (χ2n) is 4.42. The fourth-order valence-electron chi connectivity index (χ4n) is 1.78. The molecule has 0 bridgehead atoms. The molecule has 1 heterocycles. The van der Waals surface area contributed by atoms with Gasteiger partial charge in [-0.3, -0.25) is 0 Å². The SMILES string of the molecule is Oc1ccc(/C=C/c2nnc(-c3ccc(O)cc3)s2)cc1. The van der Waals surface area contributed by atoms with Crippen LogP contribution in [0.1, 0.15) is 10.6 Å². The Bertz CT molecular complexity index is 762. The normalized spacial score (nSPS) is 11.0. The van der Waals surface area contributed by atoms with Gasteiger partial charge in [0.2, 0.25) is 0 Å². The molecule has 4 nitrogen and oxygen atoms in total. The van der Waals surface area contributed by atoms with Gasteiger partial charge in [-0.05, 0) is 48.0 Å². The third-order valence-electron chi connectivity index (χ3n) is 2.87. The van der Waals surface area contributed by atoms with Gasteiger partial charge >= 0.3 is 0 Å². The molecule has 5 heteroatoms. The van der Waals surface area contributed by atoms with E-state index in [1.165, 1.54) is 11.3 Å². The van der Waals surface area contributed by atoms with Crippen molar-refractivity contribution in [1.29, 1.82) is 0 Å². The molecule has 2 aromatic carbocycles. The summed E-state index contributed by atoms with van der Waals surface area (Å²) in [5.74, 6) is 0.480. The van der Waals surface area contributed by atoms with Crippen molar-refractivity contribution in [3.05, 3.63) is 59.1 Å². The van der Waals surface area contributed by atoms with E-state index in [0.717, 1.165) is 21.1 Å². The average Bonchev–Trinajstić information content (AvgIpc) is 2.96. The van der Waals surface area contributed by atoms with E-state index < -0.39 is 0 Å². The summed E-state index contributed by atoms with van der Waals surface area (Å²) in [6.07, 6.45) is 3.80. The maximum Gasteiger partial charge on any atom is 0.148 e. The third-order valence-corrected chi connectivity index (χ3v) is 3.80. The molecule has 0 unspecified atom stereocenters. The summed E-state index contributed by atoms with van der Waals surface area (Å²) in [5.41, 5.74) is 1.91. The predicted octanol–water partition coefficient (Wildman–Crippen LogP) is 3.79. The zero-order chi connectivity index (χ0) is 14.7. The molecule has 0 aliphatic heterocycles. The number of rotatable bonds is 3. The summed E-state index contributed by atoms with van der Waals surface area (Å²) in [7, 11) is 0. The summed E-state index contributed by atoms with van der Waals surface area (Å²) in [4.78, 5) is 0. The summed E-state index contributed by atoms with van der Waals surface area (Å²) < 4.78 is 0. The van der Waals surface area contributed by atoms with E-state index in [-0.39, 0.29) is 11.5 Å². The largest absolute Gasteiger partial charge is 0.508 e. The highest BCUT2D eigenvalue weighted by atomic mass is 32.1. The highest BCUT2D eigenvalue weighted by Crippen LogP contribution is 2.26. The lowest BCUT2D eigenvalue weighted by atomic mass is 10.2. The monoisotopic (exact) mass is 296 g/mol. The number of benzene rings is 2. The molecule has 0 radical (unpaired) electrons. The quantitative estimate of drug-likeness (QED) is 0.771. The highest BCUT2D eigenvalue weighted by molar-refractivity contribution is 7.15. The molecule has 21 heavy (non-hydrogen) atoms. The fraction of sp³-hybridized carbons (Fsp3) is 0. The molecule has 0 saturated heterocycles. The second-order valence-corrected chi connectivity index (χ2v) is 5.43. The van der Waals surface area contributed by atoms with E-state index >= 15 is 0 Å². The zero-order valence-electron chi connectivity index (χ0n) is 11.0. The molecule has 0 amide bonds. The Labute approximate surface area is 125 Å². The average molecular weight is 296 g/mol. The Balaban J connectivity index is 1.78. The van der Waals surface area contributed by atoms with Crippen LogP contribution < -0.4 is 0 Å². The number of aromatic hydroxyl groups is 2. The van der Waals surface area contributed by atoms with Crippen LogP contribution in [-0.2, 0) is 0 Å². The van der Waals surface area contributed by atoms with E-state index in [4.69, 9.17) is 0 Å². The lowest BCUT2D eigenvalue weighted by molar-refractivity contribution is 0.475. The first-order chi connectivity index (χ1) is 10.2. The van der Waals surface area contributed by atoms with Gasteiger partial charge in [0.05, 0.1) is 0 Å². The van der Waals surface area contributed by atoms with Crippen molar-refractivity contribution in [3.8, 4) is 22.1 Å². The minimum Gasteiger partial charge on any atom is -0.508 e. The van der Waals surface area contributed by atoms with Gasteiger partial charge in [0.15, 0.2) is 0 Å². The van der Waals surface area contributed by atoms with Crippen molar-refractivity contribution in [2.24, 2.45) is 0 Å². The minimum absolute atomic E-state index is 0.232. The molecule has 0 saturated carbocycles. The Hall–Kier alpha value is -2.66. The Morgan fingerprint density at radius 2 is 1.38 bits per heavy atom. The summed E-state index contributed by atoms with van der Waals surface area (Å²) >= 11 is 1.47. The molecule has 0 aliphatic rings. The molecule has 3 aromatic rings. The van der Waals surface area contributed by atoms with Gasteiger partial charge in [-0.15, -0.1) is 10.2 Å². The van der Waals surface area contributed by atoms with E-state index in [2.05, 4.69) is 10.2 Å². The van der Waals surface area contributed by atoms with Crippen molar-refractivity contribution in [2.45, 2.75) is 0 Å².